The fraction of sp³-hybridized carbons (Fsp3) is 0.471. The molecule has 3 heterocycles. The van der Waals surface area contributed by atoms with Crippen molar-refractivity contribution in [2.24, 2.45) is 0 Å². The molecule has 2 N–H and O–H groups in total. The molecule has 1 aromatic carbocycles. The molecule has 0 aliphatic carbocycles. The maximum absolute atomic E-state index is 12.7. The van der Waals surface area contributed by atoms with Crippen LogP contribution in [0.1, 0.15) is 24.8 Å². The van der Waals surface area contributed by atoms with Gasteiger partial charge < -0.3 is 15.5 Å². The van der Waals surface area contributed by atoms with Crippen LogP contribution in [0.2, 0.25) is 5.02 Å². The summed E-state index contributed by atoms with van der Waals surface area (Å²) >= 11 is 6.11. The number of hydrogen-bond donors (Lipinski definition) is 2. The van der Waals surface area contributed by atoms with Crippen LogP contribution in [0.4, 0.5) is 0 Å². The highest BCUT2D eigenvalue weighted by molar-refractivity contribution is 6.30. The van der Waals surface area contributed by atoms with Crippen molar-refractivity contribution in [1.29, 1.82) is 0 Å². The van der Waals surface area contributed by atoms with Crippen LogP contribution in [-0.4, -0.2) is 62.1 Å². The Morgan fingerprint density at radius 3 is 2.89 bits per heavy atom. The minimum absolute atomic E-state index is 0.0241. The summed E-state index contributed by atoms with van der Waals surface area (Å²) in [6, 6.07) is 4.75. The Balaban J connectivity index is 1.45. The predicted octanol–water partition coefficient (Wildman–Crippen LogP) is 0.285. The lowest BCUT2D eigenvalue weighted by Crippen LogP contribution is -2.57. The molecule has 9 nitrogen and oxygen atoms in total. The van der Waals surface area contributed by atoms with E-state index >= 15 is 0 Å². The summed E-state index contributed by atoms with van der Waals surface area (Å²) < 4.78 is 1.52. The molecule has 142 valence electrons. The number of nitrogens with one attached hydrogen (secondary N) is 2. The molecule has 0 saturated carbocycles. The summed E-state index contributed by atoms with van der Waals surface area (Å²) in [6.07, 6.45) is 3.84. The van der Waals surface area contributed by atoms with Crippen LogP contribution >= 0.6 is 11.6 Å². The van der Waals surface area contributed by atoms with E-state index in [0.29, 0.717) is 18.0 Å². The number of rotatable bonds is 5. The average Bonchev–Trinajstić information content (AvgIpc) is 3.29. The van der Waals surface area contributed by atoms with E-state index in [0.717, 1.165) is 30.6 Å². The molecule has 27 heavy (non-hydrogen) atoms. The van der Waals surface area contributed by atoms with Crippen molar-refractivity contribution in [3.8, 4) is 5.69 Å². The Hall–Kier alpha value is -2.52. The van der Waals surface area contributed by atoms with Gasteiger partial charge in [0.05, 0.1) is 11.7 Å². The monoisotopic (exact) mass is 389 g/mol. The first-order chi connectivity index (χ1) is 13.1. The van der Waals surface area contributed by atoms with Crippen molar-refractivity contribution < 1.29 is 9.59 Å². The highest BCUT2D eigenvalue weighted by Gasteiger charge is 2.38. The second-order valence-electron chi connectivity index (χ2n) is 6.73. The van der Waals surface area contributed by atoms with Crippen LogP contribution in [0, 0.1) is 0 Å². The van der Waals surface area contributed by atoms with Crippen LogP contribution in [0.25, 0.3) is 5.69 Å². The van der Waals surface area contributed by atoms with Gasteiger partial charge in [0, 0.05) is 18.1 Å². The van der Waals surface area contributed by atoms with Gasteiger partial charge in [0.2, 0.25) is 11.8 Å². The maximum atomic E-state index is 12.7. The Morgan fingerprint density at radius 2 is 2.19 bits per heavy atom. The Morgan fingerprint density at radius 1 is 1.33 bits per heavy atom. The number of hydrogen-bond acceptors (Lipinski definition) is 6. The minimum Gasteiger partial charge on any atom is -0.350 e. The molecule has 1 aromatic heterocycles. The largest absolute Gasteiger partial charge is 0.350 e. The number of benzene rings is 1. The zero-order valence-corrected chi connectivity index (χ0v) is 15.4. The normalized spacial score (nSPS) is 21.7. The molecule has 0 spiro atoms. The molecule has 2 amide bonds. The molecule has 2 atom stereocenters. The number of carbonyl (C=O) groups is 2. The minimum atomic E-state index is -0.421. The quantitative estimate of drug-likeness (QED) is 0.761. The third-order valence-corrected chi connectivity index (χ3v) is 5.29. The summed E-state index contributed by atoms with van der Waals surface area (Å²) in [6.45, 7) is 1.76. The number of likely N-dealkylation sites (tertiary alicyclic amines) is 1. The first kappa shape index (κ1) is 17.9. The third kappa shape index (κ3) is 3.65. The van der Waals surface area contributed by atoms with Crippen molar-refractivity contribution in [2.45, 2.75) is 37.9 Å². The molecule has 2 aliphatic rings. The summed E-state index contributed by atoms with van der Waals surface area (Å²) in [4.78, 5) is 27.0. The molecular formula is C17H20ClN7O2. The predicted molar refractivity (Wildman–Crippen MR) is 97.2 cm³/mol. The third-order valence-electron chi connectivity index (χ3n) is 5.05. The van der Waals surface area contributed by atoms with Crippen molar-refractivity contribution in [3.63, 3.8) is 0 Å². The maximum Gasteiger partial charge on any atom is 0.243 e. The van der Waals surface area contributed by atoms with Crippen LogP contribution < -0.4 is 10.6 Å². The Bertz CT molecular complexity index is 838. The molecule has 2 fully saturated rings. The van der Waals surface area contributed by atoms with Crippen LogP contribution in [-0.2, 0) is 16.1 Å². The van der Waals surface area contributed by atoms with Gasteiger partial charge in [-0.25, -0.2) is 4.68 Å². The van der Waals surface area contributed by atoms with Crippen molar-refractivity contribution in [1.82, 2.24) is 35.7 Å². The number of tetrazole rings is 1. The molecule has 2 aliphatic heterocycles. The van der Waals surface area contributed by atoms with Gasteiger partial charge in [-0.15, -0.1) is 5.10 Å². The van der Waals surface area contributed by atoms with E-state index in [1.807, 2.05) is 0 Å². The van der Waals surface area contributed by atoms with Gasteiger partial charge in [-0.1, -0.05) is 11.6 Å². The molecule has 4 rings (SSSR count). The van der Waals surface area contributed by atoms with Gasteiger partial charge in [0.1, 0.15) is 12.4 Å². The van der Waals surface area contributed by atoms with E-state index < -0.39 is 6.04 Å². The Labute approximate surface area is 161 Å². The first-order valence-corrected chi connectivity index (χ1v) is 9.34. The van der Waals surface area contributed by atoms with E-state index in [1.165, 1.54) is 11.0 Å². The van der Waals surface area contributed by atoms with Crippen LogP contribution in [0.3, 0.4) is 0 Å². The lowest BCUT2D eigenvalue weighted by molar-refractivity contribution is -0.141. The van der Waals surface area contributed by atoms with E-state index in [1.54, 1.807) is 23.1 Å². The molecule has 0 bridgehead atoms. The fourth-order valence-electron chi connectivity index (χ4n) is 3.49. The van der Waals surface area contributed by atoms with Gasteiger partial charge >= 0.3 is 0 Å². The smallest absolute Gasteiger partial charge is 0.243 e. The molecule has 2 saturated heterocycles. The zero-order chi connectivity index (χ0) is 18.8. The van der Waals surface area contributed by atoms with E-state index in [9.17, 15) is 9.59 Å². The second kappa shape index (κ2) is 7.61. The van der Waals surface area contributed by atoms with Crippen LogP contribution in [0.15, 0.2) is 24.5 Å². The van der Waals surface area contributed by atoms with Gasteiger partial charge in [0.25, 0.3) is 0 Å². The highest BCUT2D eigenvalue weighted by atomic mass is 35.5. The molecular weight excluding hydrogens is 370 g/mol. The van der Waals surface area contributed by atoms with Crippen LogP contribution in [0.5, 0.6) is 0 Å². The summed E-state index contributed by atoms with van der Waals surface area (Å²) in [5.41, 5.74) is 1.53. The fourth-order valence-corrected chi connectivity index (χ4v) is 3.69. The lowest BCUT2D eigenvalue weighted by Gasteiger charge is -2.33. The number of halogens is 1. The van der Waals surface area contributed by atoms with Gasteiger partial charge in [0.15, 0.2) is 0 Å². The molecule has 1 unspecified atom stereocenters. The number of nitrogens with zero attached hydrogens (tertiary/aromatic N) is 5. The summed E-state index contributed by atoms with van der Waals surface area (Å²) in [5.74, 6) is -0.126. The Kier molecular flexibility index (Phi) is 5.04. The van der Waals surface area contributed by atoms with E-state index in [-0.39, 0.29) is 24.4 Å². The standard InChI is InChI=1S/C17H20ClN7O2/c18-12-3-4-14(25-10-21-22-23-25)11(8-12)9-20-16(26)15-2-1-7-24(15)17(27)13-5-6-19-13/h3-4,8,10,13,15,19H,1-2,5-7,9H2,(H,20,26)/t13?,15-/m0/s1. The van der Waals surface area contributed by atoms with E-state index in [4.69, 9.17) is 11.6 Å². The average molecular weight is 390 g/mol. The van der Waals surface area contributed by atoms with Gasteiger partial charge in [-0.05, 0) is 60.0 Å². The van der Waals surface area contributed by atoms with Crippen molar-refractivity contribution in [3.05, 3.63) is 35.1 Å². The second-order valence-corrected chi connectivity index (χ2v) is 7.17. The SMILES string of the molecule is O=C(NCc1cc(Cl)ccc1-n1cnnn1)[C@@H]1CCCN1C(=O)C1CCN1. The summed E-state index contributed by atoms with van der Waals surface area (Å²) in [5, 5.41) is 17.8. The van der Waals surface area contributed by atoms with Gasteiger partial charge in [-0.2, -0.15) is 0 Å². The van der Waals surface area contributed by atoms with Crippen molar-refractivity contribution >= 4 is 23.4 Å². The molecule has 2 aromatic rings. The number of aromatic nitrogens is 4. The van der Waals surface area contributed by atoms with Crippen molar-refractivity contribution in [2.75, 3.05) is 13.1 Å². The topological polar surface area (TPSA) is 105 Å². The van der Waals surface area contributed by atoms with Gasteiger partial charge in [-0.3, -0.25) is 9.59 Å². The van der Waals surface area contributed by atoms with E-state index in [2.05, 4.69) is 26.2 Å². The lowest BCUT2D eigenvalue weighted by atomic mass is 10.1. The molecule has 0 radical (unpaired) electrons. The highest BCUT2D eigenvalue weighted by Crippen LogP contribution is 2.22. The first-order valence-electron chi connectivity index (χ1n) is 8.97. The number of carbonyl (C=O) groups excluding carboxylic acids is 2. The number of amides is 2. The summed E-state index contributed by atoms with van der Waals surface area (Å²) in [7, 11) is 0. The zero-order valence-electron chi connectivity index (χ0n) is 14.6. The molecule has 10 heteroatoms.